The molecular formula is C10H12NO. The molecule has 0 spiro atoms. The van der Waals surface area contributed by atoms with E-state index in [0.717, 1.165) is 11.1 Å². The number of rotatable bonds is 1. The first-order chi connectivity index (χ1) is 5.63. The molecule has 1 amide bonds. The number of amides is 1. The van der Waals surface area contributed by atoms with Crippen molar-refractivity contribution in [3.63, 3.8) is 0 Å². The number of hydrogen-bond donors (Lipinski definition) is 0. The van der Waals surface area contributed by atoms with E-state index in [0.29, 0.717) is 0 Å². The minimum atomic E-state index is 0.0431. The van der Waals surface area contributed by atoms with Crippen molar-refractivity contribution in [1.29, 1.82) is 0 Å². The third-order valence-corrected chi connectivity index (χ3v) is 1.71. The van der Waals surface area contributed by atoms with Crippen LogP contribution in [0.5, 0.6) is 0 Å². The molecule has 1 aromatic rings. The fourth-order valence-electron chi connectivity index (χ4n) is 0.995. The van der Waals surface area contributed by atoms with Gasteiger partial charge in [0.25, 0.3) is 5.91 Å². The molecule has 0 aliphatic rings. The molecule has 2 nitrogen and oxygen atoms in total. The van der Waals surface area contributed by atoms with Crippen molar-refractivity contribution in [2.75, 3.05) is 14.1 Å². The summed E-state index contributed by atoms with van der Waals surface area (Å²) in [6, 6.07) is 8.28. The van der Waals surface area contributed by atoms with Crippen LogP contribution in [0.3, 0.4) is 0 Å². The normalized spacial score (nSPS) is 9.58. The molecule has 0 aliphatic carbocycles. The van der Waals surface area contributed by atoms with Gasteiger partial charge in [-0.2, -0.15) is 0 Å². The first kappa shape index (κ1) is 8.78. The number of nitrogens with zero attached hydrogens (tertiary/aromatic N) is 1. The van der Waals surface area contributed by atoms with Gasteiger partial charge in [-0.05, 0) is 24.6 Å². The maximum Gasteiger partial charge on any atom is 0.253 e. The van der Waals surface area contributed by atoms with Gasteiger partial charge in [0.1, 0.15) is 0 Å². The van der Waals surface area contributed by atoms with Crippen molar-refractivity contribution in [3.8, 4) is 0 Å². The van der Waals surface area contributed by atoms with Gasteiger partial charge in [-0.25, -0.2) is 0 Å². The predicted molar refractivity (Wildman–Crippen MR) is 48.0 cm³/mol. The fraction of sp³-hybridized carbons (Fsp3) is 0.300. The minimum Gasteiger partial charge on any atom is -0.345 e. The standard InChI is InChI=1S/C10H12NO/c1-8-6-4-5-7-9(8)10(12)11(2)3/h5-7H,1-3H3. The van der Waals surface area contributed by atoms with Gasteiger partial charge in [-0.15, -0.1) is 0 Å². The van der Waals surface area contributed by atoms with Gasteiger partial charge in [0.05, 0.1) is 0 Å². The van der Waals surface area contributed by atoms with E-state index in [1.165, 1.54) is 0 Å². The van der Waals surface area contributed by atoms with Gasteiger partial charge in [0, 0.05) is 19.7 Å². The molecule has 0 fully saturated rings. The summed E-state index contributed by atoms with van der Waals surface area (Å²) in [6.07, 6.45) is 0. The van der Waals surface area contributed by atoms with E-state index in [2.05, 4.69) is 6.07 Å². The second-order valence-corrected chi connectivity index (χ2v) is 2.94. The van der Waals surface area contributed by atoms with Crippen LogP contribution in [0.4, 0.5) is 0 Å². The van der Waals surface area contributed by atoms with Crippen LogP contribution in [0, 0.1) is 13.0 Å². The lowest BCUT2D eigenvalue weighted by molar-refractivity contribution is 0.0827. The third-order valence-electron chi connectivity index (χ3n) is 1.71. The first-order valence-electron chi connectivity index (χ1n) is 3.81. The maximum absolute atomic E-state index is 11.5. The summed E-state index contributed by atoms with van der Waals surface area (Å²) in [5.74, 6) is 0.0431. The van der Waals surface area contributed by atoms with Crippen molar-refractivity contribution in [2.45, 2.75) is 6.92 Å². The Morgan fingerprint density at radius 3 is 2.67 bits per heavy atom. The highest BCUT2D eigenvalue weighted by atomic mass is 16.2. The number of benzene rings is 1. The Labute approximate surface area is 72.8 Å². The summed E-state index contributed by atoms with van der Waals surface area (Å²) in [6.45, 7) is 1.91. The lowest BCUT2D eigenvalue weighted by Gasteiger charge is -2.11. The van der Waals surface area contributed by atoms with E-state index in [1.54, 1.807) is 31.1 Å². The van der Waals surface area contributed by atoms with Crippen molar-refractivity contribution < 1.29 is 4.79 Å². The van der Waals surface area contributed by atoms with Crippen LogP contribution in [-0.2, 0) is 0 Å². The Morgan fingerprint density at radius 1 is 1.50 bits per heavy atom. The molecule has 0 heterocycles. The molecule has 2 heteroatoms. The van der Waals surface area contributed by atoms with E-state index < -0.39 is 0 Å². The summed E-state index contributed by atoms with van der Waals surface area (Å²) in [4.78, 5) is 13.0. The molecule has 1 aromatic carbocycles. The molecule has 0 unspecified atom stereocenters. The van der Waals surface area contributed by atoms with Crippen LogP contribution in [0.25, 0.3) is 0 Å². The molecule has 0 atom stereocenters. The second-order valence-electron chi connectivity index (χ2n) is 2.94. The third kappa shape index (κ3) is 1.64. The molecule has 0 saturated carbocycles. The van der Waals surface area contributed by atoms with Crippen molar-refractivity contribution >= 4 is 5.91 Å². The van der Waals surface area contributed by atoms with Crippen LogP contribution >= 0.6 is 0 Å². The molecule has 0 saturated heterocycles. The Kier molecular flexibility index (Phi) is 2.48. The number of carbonyl (C=O) groups is 1. The summed E-state index contributed by atoms with van der Waals surface area (Å²) in [5, 5.41) is 0. The average Bonchev–Trinajstić information content (AvgIpc) is 2.04. The molecule has 0 aliphatic heterocycles. The topological polar surface area (TPSA) is 20.3 Å². The van der Waals surface area contributed by atoms with Crippen LogP contribution in [0.1, 0.15) is 15.9 Å². The Bertz CT molecular complexity index is 292. The van der Waals surface area contributed by atoms with Gasteiger partial charge in [-0.1, -0.05) is 12.1 Å². The van der Waals surface area contributed by atoms with Gasteiger partial charge in [0.15, 0.2) is 0 Å². The Hall–Kier alpha value is -1.31. The molecule has 1 radical (unpaired) electrons. The van der Waals surface area contributed by atoms with E-state index in [4.69, 9.17) is 0 Å². The molecule has 0 N–H and O–H groups in total. The van der Waals surface area contributed by atoms with Crippen LogP contribution < -0.4 is 0 Å². The van der Waals surface area contributed by atoms with E-state index in [1.807, 2.05) is 13.0 Å². The Balaban J connectivity index is 3.03. The van der Waals surface area contributed by atoms with E-state index in [-0.39, 0.29) is 5.91 Å². The van der Waals surface area contributed by atoms with Gasteiger partial charge in [0.2, 0.25) is 0 Å². The Morgan fingerprint density at radius 2 is 2.17 bits per heavy atom. The van der Waals surface area contributed by atoms with Crippen LogP contribution in [-0.4, -0.2) is 24.9 Å². The van der Waals surface area contributed by atoms with Crippen LogP contribution in [0.15, 0.2) is 18.2 Å². The first-order valence-corrected chi connectivity index (χ1v) is 3.81. The summed E-state index contributed by atoms with van der Waals surface area (Å²) in [7, 11) is 3.50. The van der Waals surface area contributed by atoms with Crippen molar-refractivity contribution in [3.05, 3.63) is 35.4 Å². The SMILES string of the molecule is Cc1c[c]ccc1C(=O)N(C)C. The lowest BCUT2D eigenvalue weighted by atomic mass is 10.1. The van der Waals surface area contributed by atoms with Gasteiger partial charge in [-0.3, -0.25) is 4.79 Å². The molecule has 12 heavy (non-hydrogen) atoms. The largest absolute Gasteiger partial charge is 0.345 e. The van der Waals surface area contributed by atoms with Gasteiger partial charge >= 0.3 is 0 Å². The minimum absolute atomic E-state index is 0.0431. The highest BCUT2D eigenvalue weighted by Crippen LogP contribution is 2.07. The van der Waals surface area contributed by atoms with Crippen molar-refractivity contribution in [1.82, 2.24) is 4.90 Å². The molecule has 1 rings (SSSR count). The van der Waals surface area contributed by atoms with E-state index >= 15 is 0 Å². The smallest absolute Gasteiger partial charge is 0.253 e. The molecule has 0 aromatic heterocycles. The summed E-state index contributed by atoms with van der Waals surface area (Å²) < 4.78 is 0. The monoisotopic (exact) mass is 162 g/mol. The highest BCUT2D eigenvalue weighted by Gasteiger charge is 2.08. The maximum atomic E-state index is 11.5. The number of hydrogen-bond acceptors (Lipinski definition) is 1. The number of aryl methyl sites for hydroxylation is 1. The highest BCUT2D eigenvalue weighted by molar-refractivity contribution is 5.95. The molecule has 63 valence electrons. The quantitative estimate of drug-likeness (QED) is 0.612. The number of carbonyl (C=O) groups excluding carboxylic acids is 1. The molecular weight excluding hydrogens is 150 g/mol. The fourth-order valence-corrected chi connectivity index (χ4v) is 0.995. The molecule has 0 bridgehead atoms. The summed E-state index contributed by atoms with van der Waals surface area (Å²) >= 11 is 0. The zero-order valence-electron chi connectivity index (χ0n) is 7.59. The zero-order valence-corrected chi connectivity index (χ0v) is 7.59. The zero-order chi connectivity index (χ0) is 9.14. The second kappa shape index (κ2) is 3.39. The van der Waals surface area contributed by atoms with Crippen molar-refractivity contribution in [2.24, 2.45) is 0 Å². The van der Waals surface area contributed by atoms with E-state index in [9.17, 15) is 4.79 Å². The van der Waals surface area contributed by atoms with Crippen LogP contribution in [0.2, 0.25) is 0 Å². The lowest BCUT2D eigenvalue weighted by Crippen LogP contribution is -2.22. The predicted octanol–water partition coefficient (Wildman–Crippen LogP) is 1.50. The van der Waals surface area contributed by atoms with Gasteiger partial charge < -0.3 is 4.90 Å². The summed E-state index contributed by atoms with van der Waals surface area (Å²) in [5.41, 5.74) is 1.72. The average molecular weight is 162 g/mol.